The third kappa shape index (κ3) is 2.93. The number of aromatic nitrogens is 4. The molecule has 1 N–H and O–H groups in total. The van der Waals surface area contributed by atoms with Crippen LogP contribution in [0.1, 0.15) is 4.88 Å². The summed E-state index contributed by atoms with van der Waals surface area (Å²) in [5, 5.41) is 9.80. The van der Waals surface area contributed by atoms with Gasteiger partial charge in [-0.2, -0.15) is 14.6 Å². The summed E-state index contributed by atoms with van der Waals surface area (Å²) < 4.78 is 1.74. The largest absolute Gasteiger partial charge is 0.369 e. The molecule has 0 saturated carbocycles. The Balaban J connectivity index is 1.63. The van der Waals surface area contributed by atoms with Crippen molar-refractivity contribution >= 4 is 22.9 Å². The topological polar surface area (TPSA) is 55.1 Å². The zero-order valence-electron chi connectivity index (χ0n) is 12.4. The average Bonchev–Trinajstić information content (AvgIpc) is 3.26. The molecule has 4 rings (SSSR count). The molecule has 4 aromatic rings. The third-order valence-electron chi connectivity index (χ3n) is 3.58. The van der Waals surface area contributed by atoms with E-state index >= 15 is 0 Å². The summed E-state index contributed by atoms with van der Waals surface area (Å²) in [5.74, 6) is 1.51. The highest BCUT2D eigenvalue weighted by molar-refractivity contribution is 7.09. The molecule has 6 heteroatoms. The monoisotopic (exact) mass is 321 g/mol. The Morgan fingerprint density at radius 2 is 2.00 bits per heavy atom. The second-order valence-electron chi connectivity index (χ2n) is 5.12. The molecule has 114 valence electrons. The molecule has 0 atom stereocenters. The minimum absolute atomic E-state index is 0.602. The Hall–Kier alpha value is -2.73. The summed E-state index contributed by atoms with van der Waals surface area (Å²) in [6.07, 6.45) is 2.51. The Labute approximate surface area is 137 Å². The maximum Gasteiger partial charge on any atom is 0.254 e. The second kappa shape index (κ2) is 6.18. The maximum atomic E-state index is 4.58. The lowest BCUT2D eigenvalue weighted by Gasteiger charge is -2.09. The zero-order valence-corrected chi connectivity index (χ0v) is 13.2. The molecule has 0 spiro atoms. The van der Waals surface area contributed by atoms with E-state index in [0.29, 0.717) is 5.78 Å². The fraction of sp³-hybridized carbons (Fsp3) is 0.118. The van der Waals surface area contributed by atoms with Crippen LogP contribution in [0, 0.1) is 0 Å². The van der Waals surface area contributed by atoms with Crippen molar-refractivity contribution in [1.82, 2.24) is 19.6 Å². The van der Waals surface area contributed by atoms with Crippen molar-refractivity contribution in [1.29, 1.82) is 0 Å². The summed E-state index contributed by atoms with van der Waals surface area (Å²) in [4.78, 5) is 10.2. The number of fused-ring (bicyclic) bond motifs is 1. The molecule has 5 nitrogen and oxygen atoms in total. The van der Waals surface area contributed by atoms with Gasteiger partial charge in [0.2, 0.25) is 0 Å². The van der Waals surface area contributed by atoms with Crippen LogP contribution in [0.3, 0.4) is 0 Å². The van der Waals surface area contributed by atoms with Crippen LogP contribution < -0.4 is 5.32 Å². The van der Waals surface area contributed by atoms with Crippen molar-refractivity contribution in [3.8, 4) is 11.3 Å². The summed E-state index contributed by atoms with van der Waals surface area (Å²) >= 11 is 1.78. The van der Waals surface area contributed by atoms with Gasteiger partial charge in [0.1, 0.15) is 12.1 Å². The Morgan fingerprint density at radius 3 is 2.83 bits per heavy atom. The fourth-order valence-electron chi connectivity index (χ4n) is 2.46. The van der Waals surface area contributed by atoms with E-state index in [2.05, 4.69) is 37.9 Å². The molecule has 0 aliphatic heterocycles. The molecule has 0 amide bonds. The third-order valence-corrected chi connectivity index (χ3v) is 4.52. The lowest BCUT2D eigenvalue weighted by atomic mass is 10.1. The SMILES string of the molecule is c1ccc(-c2cc(NCCc3cccs3)n3ncnc3n2)cc1. The van der Waals surface area contributed by atoms with Crippen LogP contribution in [0.25, 0.3) is 17.0 Å². The van der Waals surface area contributed by atoms with E-state index in [1.54, 1.807) is 15.9 Å². The van der Waals surface area contributed by atoms with Gasteiger partial charge in [-0.25, -0.2) is 4.98 Å². The molecule has 1 aromatic carbocycles. The van der Waals surface area contributed by atoms with Gasteiger partial charge < -0.3 is 5.32 Å². The normalized spacial score (nSPS) is 11.0. The van der Waals surface area contributed by atoms with E-state index in [9.17, 15) is 0 Å². The highest BCUT2D eigenvalue weighted by Crippen LogP contribution is 2.21. The molecule has 0 aliphatic carbocycles. The van der Waals surface area contributed by atoms with Crippen LogP contribution in [0.5, 0.6) is 0 Å². The van der Waals surface area contributed by atoms with Crippen molar-refractivity contribution in [3.63, 3.8) is 0 Å². The minimum Gasteiger partial charge on any atom is -0.369 e. The Kier molecular flexibility index (Phi) is 3.73. The van der Waals surface area contributed by atoms with Gasteiger partial charge in [0.15, 0.2) is 0 Å². The number of nitrogens with zero attached hydrogens (tertiary/aromatic N) is 4. The van der Waals surface area contributed by atoms with Gasteiger partial charge >= 0.3 is 0 Å². The van der Waals surface area contributed by atoms with Crippen LogP contribution in [0.2, 0.25) is 0 Å². The van der Waals surface area contributed by atoms with Crippen LogP contribution in [-0.4, -0.2) is 26.1 Å². The van der Waals surface area contributed by atoms with E-state index in [0.717, 1.165) is 30.0 Å². The van der Waals surface area contributed by atoms with Gasteiger partial charge in [-0.1, -0.05) is 36.4 Å². The Morgan fingerprint density at radius 1 is 1.09 bits per heavy atom. The van der Waals surface area contributed by atoms with Crippen molar-refractivity contribution in [2.45, 2.75) is 6.42 Å². The predicted molar refractivity (Wildman–Crippen MR) is 92.7 cm³/mol. The number of anilines is 1. The standard InChI is InChI=1S/C17H15N5S/c1-2-5-13(6-3-1)15-11-16(22-17(21-15)19-12-20-22)18-9-8-14-7-4-10-23-14/h1-7,10-12,18H,8-9H2. The highest BCUT2D eigenvalue weighted by atomic mass is 32.1. The molecule has 0 saturated heterocycles. The first kappa shape index (κ1) is 13.9. The summed E-state index contributed by atoms with van der Waals surface area (Å²) in [7, 11) is 0. The van der Waals surface area contributed by atoms with E-state index in [4.69, 9.17) is 0 Å². The highest BCUT2D eigenvalue weighted by Gasteiger charge is 2.08. The van der Waals surface area contributed by atoms with Gasteiger partial charge in [-0.15, -0.1) is 11.3 Å². The van der Waals surface area contributed by atoms with Gasteiger partial charge in [-0.05, 0) is 17.9 Å². The number of nitrogens with one attached hydrogen (secondary N) is 1. The molecule has 3 aromatic heterocycles. The fourth-order valence-corrected chi connectivity index (χ4v) is 3.17. The number of hydrogen-bond acceptors (Lipinski definition) is 5. The van der Waals surface area contributed by atoms with E-state index < -0.39 is 0 Å². The number of benzene rings is 1. The molecule has 0 aliphatic rings. The first-order chi connectivity index (χ1) is 11.4. The molecular formula is C17H15N5S. The van der Waals surface area contributed by atoms with E-state index in [1.165, 1.54) is 11.2 Å². The lowest BCUT2D eigenvalue weighted by Crippen LogP contribution is -2.09. The van der Waals surface area contributed by atoms with Crippen LogP contribution in [0.15, 0.2) is 60.2 Å². The molecule has 0 unspecified atom stereocenters. The second-order valence-corrected chi connectivity index (χ2v) is 6.15. The molecule has 23 heavy (non-hydrogen) atoms. The maximum absolute atomic E-state index is 4.58. The quantitative estimate of drug-likeness (QED) is 0.611. The molecular weight excluding hydrogens is 306 g/mol. The van der Waals surface area contributed by atoms with Crippen molar-refractivity contribution < 1.29 is 0 Å². The van der Waals surface area contributed by atoms with Crippen molar-refractivity contribution in [2.24, 2.45) is 0 Å². The van der Waals surface area contributed by atoms with Gasteiger partial charge in [0.05, 0.1) is 5.69 Å². The smallest absolute Gasteiger partial charge is 0.254 e. The number of rotatable bonds is 5. The summed E-state index contributed by atoms with van der Waals surface area (Å²) in [6.45, 7) is 0.841. The Bertz CT molecular complexity index is 899. The van der Waals surface area contributed by atoms with Crippen LogP contribution in [0.4, 0.5) is 5.82 Å². The minimum atomic E-state index is 0.602. The number of hydrogen-bond donors (Lipinski definition) is 1. The summed E-state index contributed by atoms with van der Waals surface area (Å²) in [6, 6.07) is 16.4. The first-order valence-corrected chi connectivity index (χ1v) is 8.30. The van der Waals surface area contributed by atoms with Gasteiger partial charge in [0, 0.05) is 23.1 Å². The summed E-state index contributed by atoms with van der Waals surface area (Å²) in [5.41, 5.74) is 1.96. The molecule has 3 heterocycles. The van der Waals surface area contributed by atoms with Crippen molar-refractivity contribution in [2.75, 3.05) is 11.9 Å². The van der Waals surface area contributed by atoms with E-state index in [-0.39, 0.29) is 0 Å². The predicted octanol–water partition coefficient (Wildman–Crippen LogP) is 3.51. The zero-order chi connectivity index (χ0) is 15.5. The average molecular weight is 321 g/mol. The number of thiophene rings is 1. The lowest BCUT2D eigenvalue weighted by molar-refractivity contribution is 0.918. The molecule has 0 radical (unpaired) electrons. The van der Waals surface area contributed by atoms with Crippen LogP contribution in [-0.2, 0) is 6.42 Å². The molecule has 0 fully saturated rings. The molecule has 0 bridgehead atoms. The van der Waals surface area contributed by atoms with Crippen molar-refractivity contribution in [3.05, 3.63) is 65.1 Å². The van der Waals surface area contributed by atoms with Crippen LogP contribution >= 0.6 is 11.3 Å². The van der Waals surface area contributed by atoms with E-state index in [1.807, 2.05) is 36.4 Å². The van der Waals surface area contributed by atoms with Gasteiger partial charge in [-0.3, -0.25) is 0 Å². The van der Waals surface area contributed by atoms with Gasteiger partial charge in [0.25, 0.3) is 5.78 Å². The first-order valence-electron chi connectivity index (χ1n) is 7.42.